The third-order valence-corrected chi connectivity index (χ3v) is 4.80. The smallest absolute Gasteiger partial charge is 0.0621 e. The minimum absolute atomic E-state index is 0.601. The Bertz CT molecular complexity index is 225. The summed E-state index contributed by atoms with van der Waals surface area (Å²) in [5, 5.41) is 3.70. The van der Waals surface area contributed by atoms with Crippen LogP contribution in [-0.4, -0.2) is 25.3 Å². The predicted octanol–water partition coefficient (Wildman–Crippen LogP) is 2.72. The molecule has 3 rings (SSSR count). The molecule has 3 unspecified atom stereocenters. The van der Waals surface area contributed by atoms with Crippen molar-refractivity contribution in [3.8, 4) is 0 Å². The van der Waals surface area contributed by atoms with Crippen molar-refractivity contribution in [1.29, 1.82) is 0 Å². The van der Waals surface area contributed by atoms with Gasteiger partial charge in [-0.1, -0.05) is 19.3 Å². The first-order valence-corrected chi connectivity index (χ1v) is 7.28. The van der Waals surface area contributed by atoms with Gasteiger partial charge in [0.05, 0.1) is 12.2 Å². The van der Waals surface area contributed by atoms with E-state index in [1.807, 2.05) is 0 Å². The summed E-state index contributed by atoms with van der Waals surface area (Å²) in [6.45, 7) is 2.46. The molecule has 0 spiro atoms. The lowest BCUT2D eigenvalue weighted by atomic mass is 9.87. The molecule has 3 fully saturated rings. The van der Waals surface area contributed by atoms with E-state index >= 15 is 0 Å². The SMILES string of the molecule is C1CCC(CNCC2CC3CCC2O3)CC1. The van der Waals surface area contributed by atoms with Gasteiger partial charge in [0.1, 0.15) is 0 Å². The Kier molecular flexibility index (Phi) is 3.49. The van der Waals surface area contributed by atoms with Crippen LogP contribution in [0.15, 0.2) is 0 Å². The van der Waals surface area contributed by atoms with E-state index in [9.17, 15) is 0 Å². The van der Waals surface area contributed by atoms with Gasteiger partial charge in [-0.05, 0) is 44.6 Å². The van der Waals surface area contributed by atoms with Gasteiger partial charge in [-0.2, -0.15) is 0 Å². The lowest BCUT2D eigenvalue weighted by Crippen LogP contribution is -2.33. The maximum atomic E-state index is 5.89. The molecule has 3 aliphatic rings. The average molecular weight is 223 g/mol. The highest BCUT2D eigenvalue weighted by Gasteiger charge is 2.40. The zero-order chi connectivity index (χ0) is 10.8. The standard InChI is InChI=1S/C14H25NO/c1-2-4-11(5-3-1)9-15-10-12-8-13-6-7-14(12)16-13/h11-15H,1-10H2. The lowest BCUT2D eigenvalue weighted by molar-refractivity contribution is 0.0922. The zero-order valence-electron chi connectivity index (χ0n) is 10.3. The van der Waals surface area contributed by atoms with Gasteiger partial charge in [0.15, 0.2) is 0 Å². The summed E-state index contributed by atoms with van der Waals surface area (Å²) in [6, 6.07) is 0. The Labute approximate surface area is 99.1 Å². The molecule has 16 heavy (non-hydrogen) atoms. The van der Waals surface area contributed by atoms with Crippen molar-refractivity contribution in [3.05, 3.63) is 0 Å². The van der Waals surface area contributed by atoms with Gasteiger partial charge in [0.25, 0.3) is 0 Å². The fraction of sp³-hybridized carbons (Fsp3) is 1.00. The van der Waals surface area contributed by atoms with Crippen LogP contribution in [0.4, 0.5) is 0 Å². The quantitative estimate of drug-likeness (QED) is 0.791. The predicted molar refractivity (Wildman–Crippen MR) is 65.4 cm³/mol. The second-order valence-electron chi connectivity index (χ2n) is 6.03. The third-order valence-electron chi connectivity index (χ3n) is 4.80. The molecule has 2 heterocycles. The maximum absolute atomic E-state index is 5.89. The number of hydrogen-bond acceptors (Lipinski definition) is 2. The van der Waals surface area contributed by atoms with Crippen LogP contribution in [0.2, 0.25) is 0 Å². The fourth-order valence-corrected chi connectivity index (χ4v) is 3.82. The number of fused-ring (bicyclic) bond motifs is 2. The molecular formula is C14H25NO. The zero-order valence-corrected chi connectivity index (χ0v) is 10.3. The topological polar surface area (TPSA) is 21.3 Å². The molecule has 2 bridgehead atoms. The Balaban J connectivity index is 1.34. The average Bonchev–Trinajstić information content (AvgIpc) is 2.92. The normalized spacial score (nSPS) is 39.4. The first-order valence-electron chi connectivity index (χ1n) is 7.28. The fourth-order valence-electron chi connectivity index (χ4n) is 3.82. The van der Waals surface area contributed by atoms with E-state index in [2.05, 4.69) is 5.32 Å². The summed E-state index contributed by atoms with van der Waals surface area (Å²) in [5.74, 6) is 1.79. The van der Waals surface area contributed by atoms with Crippen molar-refractivity contribution in [2.24, 2.45) is 11.8 Å². The summed E-state index contributed by atoms with van der Waals surface area (Å²) in [4.78, 5) is 0. The van der Waals surface area contributed by atoms with E-state index in [0.717, 1.165) is 11.8 Å². The van der Waals surface area contributed by atoms with Crippen molar-refractivity contribution in [3.63, 3.8) is 0 Å². The molecule has 2 aliphatic heterocycles. The minimum atomic E-state index is 0.601. The first-order chi connectivity index (χ1) is 7.92. The minimum Gasteiger partial charge on any atom is -0.375 e. The maximum Gasteiger partial charge on any atom is 0.0621 e. The van der Waals surface area contributed by atoms with Crippen molar-refractivity contribution >= 4 is 0 Å². The van der Waals surface area contributed by atoms with Crippen LogP contribution in [0.3, 0.4) is 0 Å². The molecule has 2 saturated heterocycles. The molecule has 0 amide bonds. The van der Waals surface area contributed by atoms with Crippen LogP contribution >= 0.6 is 0 Å². The van der Waals surface area contributed by atoms with Crippen molar-refractivity contribution < 1.29 is 4.74 Å². The van der Waals surface area contributed by atoms with E-state index in [-0.39, 0.29) is 0 Å². The van der Waals surface area contributed by atoms with Crippen molar-refractivity contribution in [2.75, 3.05) is 13.1 Å². The summed E-state index contributed by atoms with van der Waals surface area (Å²) in [7, 11) is 0. The number of ether oxygens (including phenoxy) is 1. The number of rotatable bonds is 4. The van der Waals surface area contributed by atoms with Gasteiger partial charge in [-0.15, -0.1) is 0 Å². The molecule has 0 aromatic carbocycles. The Morgan fingerprint density at radius 2 is 1.81 bits per heavy atom. The van der Waals surface area contributed by atoms with Crippen LogP contribution in [-0.2, 0) is 4.74 Å². The monoisotopic (exact) mass is 223 g/mol. The van der Waals surface area contributed by atoms with Crippen LogP contribution < -0.4 is 5.32 Å². The van der Waals surface area contributed by atoms with Gasteiger partial charge in [-0.3, -0.25) is 0 Å². The molecular weight excluding hydrogens is 198 g/mol. The highest BCUT2D eigenvalue weighted by atomic mass is 16.5. The van der Waals surface area contributed by atoms with E-state index in [1.54, 1.807) is 0 Å². The molecule has 92 valence electrons. The molecule has 2 heteroatoms. The van der Waals surface area contributed by atoms with Crippen LogP contribution in [0.1, 0.15) is 51.4 Å². The molecule has 0 radical (unpaired) electrons. The molecule has 1 aliphatic carbocycles. The van der Waals surface area contributed by atoms with Gasteiger partial charge >= 0.3 is 0 Å². The van der Waals surface area contributed by atoms with Gasteiger partial charge in [0, 0.05) is 12.5 Å². The Morgan fingerprint density at radius 3 is 2.50 bits per heavy atom. The second-order valence-corrected chi connectivity index (χ2v) is 6.03. The summed E-state index contributed by atoms with van der Waals surface area (Å²) in [6.07, 6.45) is 12.5. The van der Waals surface area contributed by atoms with E-state index in [1.165, 1.54) is 64.5 Å². The largest absolute Gasteiger partial charge is 0.375 e. The van der Waals surface area contributed by atoms with E-state index in [4.69, 9.17) is 4.74 Å². The highest BCUT2D eigenvalue weighted by Crippen LogP contribution is 2.38. The lowest BCUT2D eigenvalue weighted by Gasteiger charge is -2.24. The van der Waals surface area contributed by atoms with Gasteiger partial charge in [-0.25, -0.2) is 0 Å². The molecule has 2 nitrogen and oxygen atoms in total. The summed E-state index contributed by atoms with van der Waals surface area (Å²) >= 11 is 0. The highest BCUT2D eigenvalue weighted by molar-refractivity contribution is 4.90. The van der Waals surface area contributed by atoms with Crippen LogP contribution in [0.5, 0.6) is 0 Å². The number of hydrogen-bond donors (Lipinski definition) is 1. The van der Waals surface area contributed by atoms with Crippen LogP contribution in [0, 0.1) is 11.8 Å². The second kappa shape index (κ2) is 5.05. The van der Waals surface area contributed by atoms with Crippen molar-refractivity contribution in [1.82, 2.24) is 5.32 Å². The van der Waals surface area contributed by atoms with E-state index < -0.39 is 0 Å². The van der Waals surface area contributed by atoms with Gasteiger partial charge in [0.2, 0.25) is 0 Å². The Hall–Kier alpha value is -0.0800. The third kappa shape index (κ3) is 2.43. The van der Waals surface area contributed by atoms with Crippen molar-refractivity contribution in [2.45, 2.75) is 63.6 Å². The molecule has 1 N–H and O–H groups in total. The summed E-state index contributed by atoms with van der Waals surface area (Å²) < 4.78 is 5.89. The summed E-state index contributed by atoms with van der Waals surface area (Å²) in [5.41, 5.74) is 0. The van der Waals surface area contributed by atoms with E-state index in [0.29, 0.717) is 12.2 Å². The van der Waals surface area contributed by atoms with Crippen LogP contribution in [0.25, 0.3) is 0 Å². The van der Waals surface area contributed by atoms with Gasteiger partial charge < -0.3 is 10.1 Å². The molecule has 3 atom stereocenters. The molecule has 0 aromatic heterocycles. The molecule has 1 saturated carbocycles. The first kappa shape index (κ1) is 11.0. The Morgan fingerprint density at radius 1 is 0.938 bits per heavy atom. The number of nitrogens with one attached hydrogen (secondary N) is 1. The molecule has 0 aromatic rings.